The Morgan fingerprint density at radius 3 is 2.66 bits per heavy atom. The van der Waals surface area contributed by atoms with Crippen LogP contribution in [0.4, 0.5) is 0 Å². The Kier molecular flexibility index (Phi) is 6.68. The van der Waals surface area contributed by atoms with Crippen LogP contribution in [-0.2, 0) is 17.8 Å². The number of carbonyl (C=O) groups is 2. The van der Waals surface area contributed by atoms with Gasteiger partial charge in [0.15, 0.2) is 0 Å². The summed E-state index contributed by atoms with van der Waals surface area (Å²) in [5, 5.41) is 3.08. The van der Waals surface area contributed by atoms with Crippen LogP contribution in [0.5, 0.6) is 11.5 Å². The maximum atomic E-state index is 12.8. The maximum Gasteiger partial charge on any atom is 0.254 e. The highest BCUT2D eigenvalue weighted by Crippen LogP contribution is 2.35. The molecule has 2 aromatic rings. The predicted molar refractivity (Wildman–Crippen MR) is 123 cm³/mol. The summed E-state index contributed by atoms with van der Waals surface area (Å²) in [7, 11) is 0. The largest absolute Gasteiger partial charge is 0.494 e. The van der Waals surface area contributed by atoms with Crippen LogP contribution in [0.25, 0.3) is 0 Å². The summed E-state index contributed by atoms with van der Waals surface area (Å²) in [4.78, 5) is 27.5. The van der Waals surface area contributed by atoms with E-state index in [0.29, 0.717) is 39.1 Å². The summed E-state index contributed by atoms with van der Waals surface area (Å²) in [6, 6.07) is 11.7. The van der Waals surface area contributed by atoms with E-state index in [4.69, 9.17) is 9.47 Å². The lowest BCUT2D eigenvalue weighted by Gasteiger charge is -2.31. The van der Waals surface area contributed by atoms with Gasteiger partial charge in [0, 0.05) is 48.7 Å². The van der Waals surface area contributed by atoms with Crippen molar-refractivity contribution in [2.75, 3.05) is 19.7 Å². The number of nitrogens with one attached hydrogen (secondary N) is 1. The molecule has 2 aliphatic rings. The van der Waals surface area contributed by atoms with Crippen molar-refractivity contribution in [3.8, 4) is 11.5 Å². The van der Waals surface area contributed by atoms with E-state index in [2.05, 4.69) is 12.2 Å². The molecular weight excluding hydrogens is 404 g/mol. The molecule has 32 heavy (non-hydrogen) atoms. The second kappa shape index (κ2) is 9.63. The summed E-state index contributed by atoms with van der Waals surface area (Å²) in [6.07, 6.45) is 2.39. The lowest BCUT2D eigenvalue weighted by atomic mass is 9.95. The van der Waals surface area contributed by atoms with Crippen molar-refractivity contribution in [2.24, 2.45) is 5.92 Å². The number of hydrogen-bond donors (Lipinski definition) is 1. The first-order chi connectivity index (χ1) is 15.5. The van der Waals surface area contributed by atoms with E-state index in [1.54, 1.807) is 0 Å². The molecule has 0 radical (unpaired) electrons. The van der Waals surface area contributed by atoms with Gasteiger partial charge in [-0.1, -0.05) is 18.2 Å². The summed E-state index contributed by atoms with van der Waals surface area (Å²) in [5.74, 6) is 1.69. The van der Waals surface area contributed by atoms with Crippen LogP contribution in [0.15, 0.2) is 36.4 Å². The minimum Gasteiger partial charge on any atom is -0.494 e. The van der Waals surface area contributed by atoms with Crippen LogP contribution < -0.4 is 14.8 Å². The molecular formula is C26H32N2O4. The van der Waals surface area contributed by atoms with Crippen molar-refractivity contribution in [1.29, 1.82) is 0 Å². The number of piperidine rings is 1. The van der Waals surface area contributed by atoms with Gasteiger partial charge in [0.05, 0.1) is 6.61 Å². The zero-order chi connectivity index (χ0) is 22.7. The van der Waals surface area contributed by atoms with Gasteiger partial charge in [0.1, 0.15) is 17.6 Å². The third kappa shape index (κ3) is 4.74. The van der Waals surface area contributed by atoms with E-state index in [1.165, 1.54) is 0 Å². The third-order valence-electron chi connectivity index (χ3n) is 6.36. The second-order valence-corrected chi connectivity index (χ2v) is 8.73. The van der Waals surface area contributed by atoms with Crippen LogP contribution in [0, 0.1) is 12.8 Å². The van der Waals surface area contributed by atoms with Crippen LogP contribution in [0.2, 0.25) is 0 Å². The maximum absolute atomic E-state index is 12.8. The molecule has 1 fully saturated rings. The number of nitrogens with zero attached hydrogens (tertiary/aromatic N) is 1. The molecule has 4 rings (SSSR count). The number of ether oxygens (including phenoxy) is 2. The summed E-state index contributed by atoms with van der Waals surface area (Å²) in [5.41, 5.74) is 3.81. The molecule has 2 heterocycles. The van der Waals surface area contributed by atoms with Crippen LogP contribution >= 0.6 is 0 Å². The third-order valence-corrected chi connectivity index (χ3v) is 6.36. The van der Waals surface area contributed by atoms with Crippen molar-refractivity contribution < 1.29 is 19.1 Å². The molecule has 0 spiro atoms. The monoisotopic (exact) mass is 436 g/mol. The molecule has 0 saturated carbocycles. The second-order valence-electron chi connectivity index (χ2n) is 8.73. The van der Waals surface area contributed by atoms with Crippen LogP contribution in [-0.4, -0.2) is 42.5 Å². The molecule has 1 saturated heterocycles. The highest BCUT2D eigenvalue weighted by Gasteiger charge is 2.28. The Morgan fingerprint density at radius 1 is 1.19 bits per heavy atom. The van der Waals surface area contributed by atoms with E-state index in [-0.39, 0.29) is 23.8 Å². The number of amides is 2. The first kappa shape index (κ1) is 22.2. The Labute approximate surface area is 189 Å². The molecule has 170 valence electrons. The Hall–Kier alpha value is -3.02. The molecule has 2 aliphatic heterocycles. The van der Waals surface area contributed by atoms with Gasteiger partial charge in [-0.05, 0) is 57.4 Å². The average molecular weight is 437 g/mol. The van der Waals surface area contributed by atoms with E-state index >= 15 is 0 Å². The number of hydrogen-bond acceptors (Lipinski definition) is 4. The van der Waals surface area contributed by atoms with Gasteiger partial charge in [-0.25, -0.2) is 0 Å². The minimum absolute atomic E-state index is 0.0326. The van der Waals surface area contributed by atoms with Crippen molar-refractivity contribution >= 4 is 11.8 Å². The Balaban J connectivity index is 1.34. The average Bonchev–Trinajstić information content (AvgIpc) is 3.16. The Bertz CT molecular complexity index is 995. The topological polar surface area (TPSA) is 67.9 Å². The molecule has 6 nitrogen and oxygen atoms in total. The molecule has 0 unspecified atom stereocenters. The first-order valence-corrected chi connectivity index (χ1v) is 11.5. The SMILES string of the molecule is CCOc1cc2c(cc1CNC(=O)C1CCN(C(=O)c3ccccc3C)CC1)O[C@@H](C)C2. The first-order valence-electron chi connectivity index (χ1n) is 11.5. The summed E-state index contributed by atoms with van der Waals surface area (Å²) < 4.78 is 11.7. The number of rotatable bonds is 6. The number of likely N-dealkylation sites (tertiary alicyclic amines) is 1. The van der Waals surface area contributed by atoms with Gasteiger partial charge in [0.25, 0.3) is 5.91 Å². The smallest absolute Gasteiger partial charge is 0.254 e. The standard InChI is InChI=1S/C26H32N2O4/c1-4-31-23-14-20-13-18(3)32-24(20)15-21(23)16-27-25(29)19-9-11-28(12-10-19)26(30)22-8-6-5-7-17(22)2/h5-8,14-15,18-19H,4,9-13,16H2,1-3H3,(H,27,29)/t18-/m0/s1. The van der Waals surface area contributed by atoms with Crippen LogP contribution in [0.3, 0.4) is 0 Å². The lowest BCUT2D eigenvalue weighted by Crippen LogP contribution is -2.43. The number of benzene rings is 2. The van der Waals surface area contributed by atoms with Gasteiger partial charge >= 0.3 is 0 Å². The van der Waals surface area contributed by atoms with Gasteiger partial charge in [-0.3, -0.25) is 9.59 Å². The quantitative estimate of drug-likeness (QED) is 0.746. The zero-order valence-electron chi connectivity index (χ0n) is 19.1. The molecule has 1 atom stereocenters. The summed E-state index contributed by atoms with van der Waals surface area (Å²) >= 11 is 0. The van der Waals surface area contributed by atoms with E-state index in [9.17, 15) is 9.59 Å². The van der Waals surface area contributed by atoms with E-state index in [1.807, 2.05) is 55.1 Å². The van der Waals surface area contributed by atoms with Gasteiger partial charge in [-0.15, -0.1) is 0 Å². The van der Waals surface area contributed by atoms with E-state index < -0.39 is 0 Å². The van der Waals surface area contributed by atoms with Gasteiger partial charge < -0.3 is 19.7 Å². The lowest BCUT2D eigenvalue weighted by molar-refractivity contribution is -0.126. The fraction of sp³-hybridized carbons (Fsp3) is 0.462. The molecule has 2 amide bonds. The molecule has 2 aromatic carbocycles. The molecule has 6 heteroatoms. The fourth-order valence-electron chi connectivity index (χ4n) is 4.56. The van der Waals surface area contributed by atoms with Gasteiger partial charge in [-0.2, -0.15) is 0 Å². The van der Waals surface area contributed by atoms with Crippen molar-refractivity contribution in [3.63, 3.8) is 0 Å². The van der Waals surface area contributed by atoms with E-state index in [0.717, 1.165) is 40.2 Å². The molecule has 0 aromatic heterocycles. The highest BCUT2D eigenvalue weighted by atomic mass is 16.5. The summed E-state index contributed by atoms with van der Waals surface area (Å²) in [6.45, 7) is 8.14. The molecule has 1 N–H and O–H groups in total. The van der Waals surface area contributed by atoms with Gasteiger partial charge in [0.2, 0.25) is 5.91 Å². The molecule has 0 bridgehead atoms. The number of aryl methyl sites for hydroxylation is 1. The highest BCUT2D eigenvalue weighted by molar-refractivity contribution is 5.95. The normalized spacial score (nSPS) is 18.1. The number of carbonyl (C=O) groups excluding carboxylic acids is 2. The van der Waals surface area contributed by atoms with Crippen molar-refractivity contribution in [1.82, 2.24) is 10.2 Å². The van der Waals surface area contributed by atoms with Crippen LogP contribution in [0.1, 0.15) is 53.7 Å². The minimum atomic E-state index is -0.0860. The van der Waals surface area contributed by atoms with Crippen molar-refractivity contribution in [3.05, 3.63) is 58.7 Å². The fourth-order valence-corrected chi connectivity index (χ4v) is 4.56. The Morgan fingerprint density at radius 2 is 1.94 bits per heavy atom. The number of fused-ring (bicyclic) bond motifs is 1. The zero-order valence-corrected chi connectivity index (χ0v) is 19.1. The molecule has 0 aliphatic carbocycles. The predicted octanol–water partition coefficient (Wildman–Crippen LogP) is 3.89. The van der Waals surface area contributed by atoms with Crippen molar-refractivity contribution in [2.45, 2.75) is 52.7 Å².